The zero-order valence-electron chi connectivity index (χ0n) is 22.1. The van der Waals surface area contributed by atoms with Gasteiger partial charge in [0, 0.05) is 0 Å². The van der Waals surface area contributed by atoms with Crippen molar-refractivity contribution in [1.82, 2.24) is 44.5 Å². The topological polar surface area (TPSA) is 279 Å². The van der Waals surface area contributed by atoms with Gasteiger partial charge in [-0.1, -0.05) is 5.21 Å². The second-order valence-corrected chi connectivity index (χ2v) is 15.1. The molecule has 0 radical (unpaired) electrons. The first-order chi connectivity index (χ1) is 20.8. The number of aromatic nitrogens is 9. The molecular formula is C19H24FN11O9P2S2. The minimum Gasteiger partial charge on any atom is -0.382 e. The molecule has 1 unspecified atom stereocenters. The van der Waals surface area contributed by atoms with Gasteiger partial charge in [-0.15, -0.1) is 5.10 Å². The number of hydrogen-bond donors (Lipinski definition) is 6. The van der Waals surface area contributed by atoms with E-state index >= 15 is 4.39 Å². The second-order valence-electron chi connectivity index (χ2n) is 9.66. The minimum absolute atomic E-state index is 0.0180. The first kappa shape index (κ1) is 31.3. The van der Waals surface area contributed by atoms with Gasteiger partial charge in [-0.2, -0.15) is 9.67 Å². The fourth-order valence-corrected chi connectivity index (χ4v) is 6.79. The Hall–Kier alpha value is -2.66. The van der Waals surface area contributed by atoms with E-state index in [2.05, 4.69) is 47.0 Å². The summed E-state index contributed by atoms with van der Waals surface area (Å²) >= 11 is 9.65. The molecule has 20 nitrogen and oxygen atoms in total. The highest BCUT2D eigenvalue weighted by atomic mass is 32.5. The van der Waals surface area contributed by atoms with Gasteiger partial charge in [-0.3, -0.25) is 18.9 Å². The third-order valence-corrected chi connectivity index (χ3v) is 9.09. The number of nitrogens with one attached hydrogen (secondary N) is 1. The van der Waals surface area contributed by atoms with Crippen LogP contribution in [0.3, 0.4) is 0 Å². The van der Waals surface area contributed by atoms with Gasteiger partial charge >= 0.3 is 13.4 Å². The Morgan fingerprint density at radius 2 is 1.89 bits per heavy atom. The van der Waals surface area contributed by atoms with Crippen LogP contribution < -0.4 is 17.0 Å². The van der Waals surface area contributed by atoms with Crippen molar-refractivity contribution in [3.8, 4) is 0 Å². The molecule has 0 saturated carbocycles. The molecule has 2 aliphatic rings. The van der Waals surface area contributed by atoms with Crippen LogP contribution in [0.1, 0.15) is 25.3 Å². The zero-order valence-corrected chi connectivity index (χ0v) is 25.5. The summed E-state index contributed by atoms with van der Waals surface area (Å²) in [6.45, 7) is -9.21. The van der Waals surface area contributed by atoms with E-state index < -0.39 is 62.5 Å². The van der Waals surface area contributed by atoms with Gasteiger partial charge < -0.3 is 44.7 Å². The number of aromatic amines is 1. The number of hydrogen-bond acceptors (Lipinski definition) is 16. The van der Waals surface area contributed by atoms with Crippen LogP contribution in [-0.4, -0.2) is 96.9 Å². The molecule has 2 fully saturated rings. The van der Waals surface area contributed by atoms with E-state index in [0.717, 1.165) is 6.33 Å². The maximum Gasteiger partial charge on any atom is 0.325 e. The Bertz CT molecular complexity index is 1860. The van der Waals surface area contributed by atoms with E-state index in [1.54, 1.807) is 0 Å². The molecule has 2 aliphatic heterocycles. The summed E-state index contributed by atoms with van der Waals surface area (Å²) in [5, 5.41) is 7.76. The highest BCUT2D eigenvalue weighted by Gasteiger charge is 2.50. The van der Waals surface area contributed by atoms with Gasteiger partial charge in [0.2, 0.25) is 5.95 Å². The number of imidazole rings is 1. The molecule has 4 aromatic rings. The van der Waals surface area contributed by atoms with Crippen LogP contribution in [0, 0.1) is 0 Å². The molecule has 44 heavy (non-hydrogen) atoms. The number of ether oxygens (including phenoxy) is 2. The molecule has 0 bridgehead atoms. The standard InChI is InChI=1S/C19H24FN11O9P2S2/c20-10-13(8(4-36-41(33,34)43)39-18(10)30-6-25-11-14(21)23-5-24-15(11)30)40-42(35,44)37-3-7-1-2-9(38-7)31-16-12(28-29-31)17(32)27-19(22)26-16/h5-10,13,18H,1-4H2,(H,35,44)(H2,21,23,24)(H2,33,34,43)(H3,22,26,27,32)/t7-,8+,9+,10-,13+,18+,42?/m0/s1. The molecule has 6 rings (SSSR count). The molecule has 7 atom stereocenters. The zero-order chi connectivity index (χ0) is 31.4. The SMILES string of the molecule is Nc1nc2c(nnn2[C@H]2CC[C@@H](COP(O)(=S)O[C@H]3[C@H](F)[C@H](n4cnc5c(N)ncnc54)O[C@@H]3COP(O)(O)=S)O2)c(=O)[nH]1. The highest BCUT2D eigenvalue weighted by Crippen LogP contribution is 2.51. The van der Waals surface area contributed by atoms with Gasteiger partial charge in [0.15, 0.2) is 41.3 Å². The van der Waals surface area contributed by atoms with E-state index in [9.17, 15) is 19.5 Å². The number of anilines is 2. The maximum absolute atomic E-state index is 15.9. The first-order valence-corrected chi connectivity index (χ1v) is 17.9. The monoisotopic (exact) mass is 695 g/mol. The van der Waals surface area contributed by atoms with Crippen LogP contribution in [0.2, 0.25) is 0 Å². The molecule has 6 heterocycles. The van der Waals surface area contributed by atoms with Crippen LogP contribution in [0.5, 0.6) is 0 Å². The average molecular weight is 696 g/mol. The predicted molar refractivity (Wildman–Crippen MR) is 154 cm³/mol. The van der Waals surface area contributed by atoms with E-state index in [1.807, 2.05) is 0 Å². The normalized spacial score (nSPS) is 27.4. The van der Waals surface area contributed by atoms with Crippen molar-refractivity contribution in [2.45, 2.75) is 49.8 Å². The summed E-state index contributed by atoms with van der Waals surface area (Å²) in [5.41, 5.74) is 11.4. The van der Waals surface area contributed by atoms with Crippen molar-refractivity contribution in [1.29, 1.82) is 0 Å². The lowest BCUT2D eigenvalue weighted by atomic mass is 10.1. The predicted octanol–water partition coefficient (Wildman–Crippen LogP) is -0.724. The molecule has 0 amide bonds. The smallest absolute Gasteiger partial charge is 0.325 e. The van der Waals surface area contributed by atoms with Gasteiger partial charge in [0.05, 0.1) is 25.6 Å². The van der Waals surface area contributed by atoms with Gasteiger partial charge in [0.1, 0.15) is 24.1 Å². The fourth-order valence-electron chi connectivity index (χ4n) is 4.81. The summed E-state index contributed by atoms with van der Waals surface area (Å²) in [6, 6.07) is 0. The van der Waals surface area contributed by atoms with Crippen LogP contribution in [0.15, 0.2) is 17.4 Å². The van der Waals surface area contributed by atoms with Crippen molar-refractivity contribution in [3.05, 3.63) is 23.0 Å². The lowest BCUT2D eigenvalue weighted by Gasteiger charge is -2.25. The molecular weight excluding hydrogens is 671 g/mol. The lowest BCUT2D eigenvalue weighted by Crippen LogP contribution is -2.34. The van der Waals surface area contributed by atoms with Gasteiger partial charge in [-0.05, 0) is 36.5 Å². The number of nitrogens with zero attached hydrogens (tertiary/aromatic N) is 8. The average Bonchev–Trinajstić information content (AvgIpc) is 3.73. The third kappa shape index (κ3) is 6.36. The van der Waals surface area contributed by atoms with Crippen LogP contribution in [0.4, 0.5) is 16.2 Å². The number of H-pyrrole nitrogens is 1. The molecule has 0 aliphatic carbocycles. The summed E-state index contributed by atoms with van der Waals surface area (Å²) in [6.07, 6.45) is -4.44. The van der Waals surface area contributed by atoms with Crippen molar-refractivity contribution in [3.63, 3.8) is 0 Å². The molecule has 0 aromatic carbocycles. The number of rotatable bonds is 10. The Kier molecular flexibility index (Phi) is 8.49. The van der Waals surface area contributed by atoms with Crippen molar-refractivity contribution < 1.29 is 42.1 Å². The van der Waals surface area contributed by atoms with Crippen LogP contribution in [-0.2, 0) is 46.7 Å². The summed E-state index contributed by atoms with van der Waals surface area (Å²) in [4.78, 5) is 60.4. The fraction of sp³-hybridized carbons (Fsp3) is 0.526. The number of nitrogens with two attached hydrogens (primary N) is 2. The molecule has 8 N–H and O–H groups in total. The Morgan fingerprint density at radius 1 is 1.09 bits per heavy atom. The molecule has 0 spiro atoms. The third-order valence-electron chi connectivity index (χ3n) is 6.72. The number of halogens is 1. The molecule has 238 valence electrons. The van der Waals surface area contributed by atoms with E-state index in [-0.39, 0.29) is 40.7 Å². The molecule has 25 heteroatoms. The number of fused-ring (bicyclic) bond motifs is 2. The summed E-state index contributed by atoms with van der Waals surface area (Å²) in [5.74, 6) is -0.0651. The quantitative estimate of drug-likeness (QED) is 0.112. The molecule has 2 saturated heterocycles. The Labute approximate surface area is 255 Å². The van der Waals surface area contributed by atoms with E-state index in [0.29, 0.717) is 12.8 Å². The second kappa shape index (κ2) is 11.9. The highest BCUT2D eigenvalue weighted by molar-refractivity contribution is 8.07. The largest absolute Gasteiger partial charge is 0.382 e. The van der Waals surface area contributed by atoms with Gasteiger partial charge in [-0.25, -0.2) is 19.3 Å². The van der Waals surface area contributed by atoms with Crippen molar-refractivity contribution >= 4 is 71.1 Å². The van der Waals surface area contributed by atoms with E-state index in [4.69, 9.17) is 46.3 Å². The van der Waals surface area contributed by atoms with Crippen LogP contribution >= 0.6 is 13.4 Å². The van der Waals surface area contributed by atoms with Crippen molar-refractivity contribution in [2.75, 3.05) is 24.7 Å². The molecule has 4 aromatic heterocycles. The Morgan fingerprint density at radius 3 is 2.66 bits per heavy atom. The Balaban J connectivity index is 1.14. The van der Waals surface area contributed by atoms with Crippen molar-refractivity contribution in [2.24, 2.45) is 0 Å². The first-order valence-electron chi connectivity index (χ1n) is 12.6. The van der Waals surface area contributed by atoms with Gasteiger partial charge in [0.25, 0.3) is 5.56 Å². The number of alkyl halides is 1. The summed E-state index contributed by atoms with van der Waals surface area (Å²) < 4.78 is 46.1. The number of nitrogen functional groups attached to an aromatic ring is 2. The summed E-state index contributed by atoms with van der Waals surface area (Å²) in [7, 11) is 0. The minimum atomic E-state index is -4.17. The lowest BCUT2D eigenvalue weighted by molar-refractivity contribution is -0.0444. The maximum atomic E-state index is 15.9. The van der Waals surface area contributed by atoms with E-state index in [1.165, 1.54) is 15.6 Å². The van der Waals surface area contributed by atoms with Crippen LogP contribution in [0.25, 0.3) is 22.3 Å².